The number of fused-ring (bicyclic) bond motifs is 4. The van der Waals surface area contributed by atoms with Crippen molar-refractivity contribution in [1.29, 1.82) is 0 Å². The average molecular weight is 483 g/mol. The monoisotopic (exact) mass is 482 g/mol. The topological polar surface area (TPSA) is 52.9 Å². The lowest BCUT2D eigenvalue weighted by Crippen LogP contribution is -2.62. The van der Waals surface area contributed by atoms with Crippen molar-refractivity contribution >= 4 is 11.5 Å². The predicted octanol–water partition coefficient (Wildman–Crippen LogP) is 5.76. The van der Waals surface area contributed by atoms with Crippen LogP contribution in [0.15, 0.2) is 4.99 Å². The molecule has 5 aliphatic carbocycles. The molecule has 4 heteroatoms. The molecule has 0 aromatic rings. The van der Waals surface area contributed by atoms with Gasteiger partial charge in [0.25, 0.3) is 0 Å². The van der Waals surface area contributed by atoms with E-state index in [1.54, 1.807) is 0 Å². The van der Waals surface area contributed by atoms with E-state index >= 15 is 0 Å². The molecule has 0 unspecified atom stereocenters. The highest BCUT2D eigenvalue weighted by Gasteiger charge is 2.86. The highest BCUT2D eigenvalue weighted by Crippen LogP contribution is 2.88. The van der Waals surface area contributed by atoms with Gasteiger partial charge in [0.05, 0.1) is 12.1 Å². The Labute approximate surface area is 213 Å². The van der Waals surface area contributed by atoms with Crippen molar-refractivity contribution < 1.29 is 9.90 Å². The normalized spacial score (nSPS) is 55.5. The molecule has 0 radical (unpaired) electrons. The Morgan fingerprint density at radius 3 is 2.34 bits per heavy atom. The number of carbonyl (C=O) groups excluding carboxylic acids is 1. The van der Waals surface area contributed by atoms with E-state index < -0.39 is 0 Å². The molecule has 0 aromatic heterocycles. The summed E-state index contributed by atoms with van der Waals surface area (Å²) in [5, 5.41) is 11.5. The van der Waals surface area contributed by atoms with Crippen molar-refractivity contribution in [2.24, 2.45) is 55.7 Å². The third-order valence-corrected chi connectivity index (χ3v) is 13.9. The van der Waals surface area contributed by atoms with Gasteiger partial charge in [0.2, 0.25) is 0 Å². The number of aliphatic hydroxyl groups is 1. The fraction of sp³-hybridized carbons (Fsp3) is 0.935. The first-order valence-corrected chi connectivity index (χ1v) is 14.7. The van der Waals surface area contributed by atoms with E-state index in [0.29, 0.717) is 36.0 Å². The molecule has 0 amide bonds. The lowest BCUT2D eigenvalue weighted by Gasteiger charge is -2.63. The van der Waals surface area contributed by atoms with Crippen molar-refractivity contribution in [3.63, 3.8) is 0 Å². The second-order valence-corrected chi connectivity index (χ2v) is 15.3. The molecule has 5 fully saturated rings. The number of nitrogens with zero attached hydrogens (tertiary/aromatic N) is 2. The number of hydrogen-bond donors (Lipinski definition) is 1. The highest BCUT2D eigenvalue weighted by molar-refractivity contribution is 5.92. The van der Waals surface area contributed by atoms with Gasteiger partial charge in [-0.2, -0.15) is 0 Å². The summed E-state index contributed by atoms with van der Waals surface area (Å²) in [7, 11) is 4.25. The van der Waals surface area contributed by atoms with Gasteiger partial charge < -0.3 is 10.0 Å². The summed E-state index contributed by atoms with van der Waals surface area (Å²) < 4.78 is 0. The smallest absolute Gasteiger partial charge is 0.140 e. The van der Waals surface area contributed by atoms with E-state index in [0.717, 1.165) is 19.3 Å². The van der Waals surface area contributed by atoms with Gasteiger partial charge in [-0.05, 0) is 112 Å². The van der Waals surface area contributed by atoms with Crippen molar-refractivity contribution in [3.8, 4) is 0 Å². The van der Waals surface area contributed by atoms with Crippen LogP contribution < -0.4 is 0 Å². The van der Waals surface area contributed by atoms with Crippen LogP contribution in [0, 0.1) is 50.7 Å². The standard InChI is InChI=1S/C31H50N2O2/c1-18(2)20-11-13-27(4)22-9-10-23-28(5)15-21(34)26(19(3)33(7)8)29(28,6)16-25(35)31(23)17-30(22,31)14-12-24(27)32-20/h18-19,21-24,26,34H,9-17H2,1-8H3/t19-,21+,22-,23-,24-,26-,27-,28-,29+,30+,31-/m0/s1. The molecule has 4 nitrogen and oxygen atoms in total. The first-order valence-electron chi connectivity index (χ1n) is 14.7. The average Bonchev–Trinajstić information content (AvgIpc) is 3.41. The Morgan fingerprint density at radius 1 is 1.00 bits per heavy atom. The van der Waals surface area contributed by atoms with Crippen LogP contribution in [0.2, 0.25) is 0 Å². The largest absolute Gasteiger partial charge is 0.393 e. The predicted molar refractivity (Wildman–Crippen MR) is 141 cm³/mol. The van der Waals surface area contributed by atoms with E-state index in [9.17, 15) is 9.90 Å². The summed E-state index contributed by atoms with van der Waals surface area (Å²) >= 11 is 0. The summed E-state index contributed by atoms with van der Waals surface area (Å²) in [6, 6.07) is 0.726. The molecule has 6 aliphatic rings. The summed E-state index contributed by atoms with van der Waals surface area (Å²) in [5.74, 6) is 2.36. The molecule has 1 heterocycles. The second kappa shape index (κ2) is 7.22. The lowest BCUT2D eigenvalue weighted by atomic mass is 9.41. The van der Waals surface area contributed by atoms with E-state index in [1.165, 1.54) is 37.8 Å². The Bertz CT molecular complexity index is 973. The van der Waals surface area contributed by atoms with Gasteiger partial charge in [0, 0.05) is 29.5 Å². The zero-order valence-electron chi connectivity index (χ0n) is 23.7. The molecule has 196 valence electrons. The molecule has 0 saturated heterocycles. The van der Waals surface area contributed by atoms with Crippen molar-refractivity contribution in [2.75, 3.05) is 14.1 Å². The van der Waals surface area contributed by atoms with Gasteiger partial charge in [-0.3, -0.25) is 9.79 Å². The lowest BCUT2D eigenvalue weighted by molar-refractivity contribution is -0.170. The molecule has 0 aromatic carbocycles. The maximum absolute atomic E-state index is 14.5. The fourth-order valence-electron chi connectivity index (χ4n) is 11.8. The van der Waals surface area contributed by atoms with Gasteiger partial charge in [0.15, 0.2) is 0 Å². The molecule has 6 rings (SSSR count). The molecule has 11 atom stereocenters. The number of ketones is 1. The number of Topliss-reactive ketones (excluding diaryl/α,β-unsaturated/α-hetero) is 1. The van der Waals surface area contributed by atoms with Crippen LogP contribution in [-0.2, 0) is 4.79 Å². The molecule has 0 bridgehead atoms. The van der Waals surface area contributed by atoms with Crippen LogP contribution in [0.3, 0.4) is 0 Å². The maximum atomic E-state index is 14.5. The molecular formula is C31H50N2O2. The summed E-state index contributed by atoms with van der Waals surface area (Å²) in [4.78, 5) is 22.1. The maximum Gasteiger partial charge on any atom is 0.140 e. The summed E-state index contributed by atoms with van der Waals surface area (Å²) in [5.41, 5.74) is 1.70. The van der Waals surface area contributed by atoms with Gasteiger partial charge in [-0.15, -0.1) is 0 Å². The molecule has 1 aliphatic heterocycles. The Kier molecular flexibility index (Phi) is 5.07. The van der Waals surface area contributed by atoms with Gasteiger partial charge in [0.1, 0.15) is 5.78 Å². The number of rotatable bonds is 3. The van der Waals surface area contributed by atoms with Crippen LogP contribution in [0.25, 0.3) is 0 Å². The van der Waals surface area contributed by atoms with E-state index in [4.69, 9.17) is 4.99 Å². The Morgan fingerprint density at radius 2 is 1.69 bits per heavy atom. The summed E-state index contributed by atoms with van der Waals surface area (Å²) in [6.45, 7) is 14.3. The van der Waals surface area contributed by atoms with E-state index in [1.807, 2.05) is 0 Å². The fourth-order valence-corrected chi connectivity index (χ4v) is 11.8. The first kappa shape index (κ1) is 24.6. The Hall–Kier alpha value is -0.740. The van der Waals surface area contributed by atoms with Gasteiger partial charge in [-0.25, -0.2) is 0 Å². The molecule has 35 heavy (non-hydrogen) atoms. The minimum atomic E-state index is -0.312. The number of carbonyl (C=O) groups is 1. The van der Waals surface area contributed by atoms with Crippen LogP contribution >= 0.6 is 0 Å². The Balaban J connectivity index is 1.38. The van der Waals surface area contributed by atoms with Crippen LogP contribution in [0.1, 0.15) is 99.3 Å². The molecular weight excluding hydrogens is 432 g/mol. The number of aliphatic hydroxyl groups excluding tert-OH is 1. The van der Waals surface area contributed by atoms with E-state index in [2.05, 4.69) is 60.5 Å². The quantitative estimate of drug-likeness (QED) is 0.556. The van der Waals surface area contributed by atoms with Crippen molar-refractivity contribution in [3.05, 3.63) is 0 Å². The third kappa shape index (κ3) is 2.67. The van der Waals surface area contributed by atoms with Gasteiger partial charge in [-0.1, -0.05) is 34.6 Å². The van der Waals surface area contributed by atoms with Crippen LogP contribution in [-0.4, -0.2) is 53.8 Å². The van der Waals surface area contributed by atoms with Crippen molar-refractivity contribution in [1.82, 2.24) is 4.90 Å². The summed E-state index contributed by atoms with van der Waals surface area (Å²) in [6.07, 6.45) is 9.56. The zero-order chi connectivity index (χ0) is 25.3. The van der Waals surface area contributed by atoms with Crippen LogP contribution in [0.4, 0.5) is 0 Å². The molecule has 2 spiro atoms. The minimum Gasteiger partial charge on any atom is -0.393 e. The molecule has 1 N–H and O–H groups in total. The third-order valence-electron chi connectivity index (χ3n) is 13.9. The minimum absolute atomic E-state index is 0.0387. The van der Waals surface area contributed by atoms with E-state index in [-0.39, 0.29) is 45.1 Å². The van der Waals surface area contributed by atoms with Crippen molar-refractivity contribution in [2.45, 2.75) is 118 Å². The first-order chi connectivity index (χ1) is 16.3. The number of aliphatic imine (C=N–C) groups is 1. The van der Waals surface area contributed by atoms with Gasteiger partial charge >= 0.3 is 0 Å². The number of hydrogen-bond acceptors (Lipinski definition) is 4. The van der Waals surface area contributed by atoms with Crippen LogP contribution in [0.5, 0.6) is 0 Å². The molecule has 5 saturated carbocycles. The zero-order valence-corrected chi connectivity index (χ0v) is 23.7. The SMILES string of the molecule is CC(C)C1=N[C@H]2CC[C@]34C[C@]35C(=O)C[C@]3(C)[C@@H]([C@H](C)N(C)C)[C@H](O)C[C@@]3(C)[C@@H]5CC[C@H]4[C@]2(C)CC1. The second-order valence-electron chi connectivity index (χ2n) is 15.3. The highest BCUT2D eigenvalue weighted by atomic mass is 16.3.